The summed E-state index contributed by atoms with van der Waals surface area (Å²) in [5, 5.41) is 3.23. The third-order valence-electron chi connectivity index (χ3n) is 5.98. The monoisotopic (exact) mass is 365 g/mol. The lowest BCUT2D eigenvalue weighted by molar-refractivity contribution is -0.123. The zero-order valence-electron chi connectivity index (χ0n) is 15.9. The number of methoxy groups -OCH3 is 1. The van der Waals surface area contributed by atoms with Gasteiger partial charge in [-0.15, -0.1) is 0 Å². The van der Waals surface area contributed by atoms with Gasteiger partial charge in [-0.3, -0.25) is 9.78 Å². The minimum absolute atomic E-state index is 0.154. The molecule has 5 nitrogen and oxygen atoms in total. The number of hydrogen-bond donors (Lipinski definition) is 1. The van der Waals surface area contributed by atoms with Gasteiger partial charge in [0.2, 0.25) is 5.91 Å². The summed E-state index contributed by atoms with van der Waals surface area (Å²) in [7, 11) is 1.67. The summed E-state index contributed by atoms with van der Waals surface area (Å²) in [5.41, 5.74) is 1.83. The Balaban J connectivity index is 1.31. The number of nitrogens with zero attached hydrogens (tertiary/aromatic N) is 2. The maximum Gasteiger partial charge on any atom is 0.230 e. The Morgan fingerprint density at radius 2 is 2.00 bits per heavy atom. The van der Waals surface area contributed by atoms with Crippen LogP contribution in [0.5, 0.6) is 5.75 Å². The summed E-state index contributed by atoms with van der Waals surface area (Å²) >= 11 is 0. The standard InChI is InChI=1S/C22H27N3O2/c1-27-20-7-3-2-6-19(20)22(10-11-22)21(26)24-15-17-8-13-25(14-9-17)18-5-4-12-23-16-18/h2-7,12,16-17H,8-11,13-15H2,1H3,(H,24,26). The van der Waals surface area contributed by atoms with Crippen LogP contribution in [0, 0.1) is 5.92 Å². The molecule has 0 spiro atoms. The highest BCUT2D eigenvalue weighted by atomic mass is 16.5. The van der Waals surface area contributed by atoms with Crippen LogP contribution in [0.25, 0.3) is 0 Å². The number of nitrogens with one attached hydrogen (secondary N) is 1. The first kappa shape index (κ1) is 17.8. The molecule has 1 saturated heterocycles. The van der Waals surface area contributed by atoms with Gasteiger partial charge < -0.3 is 15.0 Å². The summed E-state index contributed by atoms with van der Waals surface area (Å²) in [5.74, 6) is 1.51. The third-order valence-corrected chi connectivity index (χ3v) is 5.98. The predicted molar refractivity (Wildman–Crippen MR) is 106 cm³/mol. The topological polar surface area (TPSA) is 54.5 Å². The van der Waals surface area contributed by atoms with Crippen LogP contribution in [-0.4, -0.2) is 37.6 Å². The van der Waals surface area contributed by atoms with Gasteiger partial charge >= 0.3 is 0 Å². The van der Waals surface area contributed by atoms with Gasteiger partial charge in [-0.25, -0.2) is 0 Å². The lowest BCUT2D eigenvalue weighted by Gasteiger charge is -2.33. The number of benzene rings is 1. The van der Waals surface area contributed by atoms with Crippen molar-refractivity contribution in [2.24, 2.45) is 5.92 Å². The van der Waals surface area contributed by atoms with Crippen molar-refractivity contribution in [2.45, 2.75) is 31.1 Å². The molecule has 27 heavy (non-hydrogen) atoms. The quantitative estimate of drug-likeness (QED) is 0.854. The van der Waals surface area contributed by atoms with Crippen molar-refractivity contribution in [1.82, 2.24) is 10.3 Å². The molecular weight excluding hydrogens is 338 g/mol. The van der Waals surface area contributed by atoms with Crippen molar-refractivity contribution in [1.29, 1.82) is 0 Å². The van der Waals surface area contributed by atoms with Gasteiger partial charge in [0.1, 0.15) is 5.75 Å². The van der Waals surface area contributed by atoms with E-state index in [1.54, 1.807) is 13.3 Å². The van der Waals surface area contributed by atoms with Crippen LogP contribution in [0.3, 0.4) is 0 Å². The fourth-order valence-corrected chi connectivity index (χ4v) is 4.13. The molecule has 0 radical (unpaired) electrons. The molecule has 0 atom stereocenters. The van der Waals surface area contributed by atoms with E-state index in [4.69, 9.17) is 4.74 Å². The van der Waals surface area contributed by atoms with Gasteiger partial charge in [0, 0.05) is 31.4 Å². The smallest absolute Gasteiger partial charge is 0.230 e. The Hall–Kier alpha value is -2.56. The van der Waals surface area contributed by atoms with Gasteiger partial charge in [0.25, 0.3) is 0 Å². The fraction of sp³-hybridized carbons (Fsp3) is 0.455. The van der Waals surface area contributed by atoms with Crippen molar-refractivity contribution in [3.8, 4) is 5.75 Å². The number of para-hydroxylation sites is 1. The van der Waals surface area contributed by atoms with Crippen molar-refractivity contribution in [3.63, 3.8) is 0 Å². The van der Waals surface area contributed by atoms with E-state index in [0.29, 0.717) is 5.92 Å². The number of carbonyl (C=O) groups is 1. The lowest BCUT2D eigenvalue weighted by Crippen LogP contribution is -2.41. The second kappa shape index (κ2) is 7.59. The molecule has 1 aliphatic carbocycles. The van der Waals surface area contributed by atoms with E-state index in [9.17, 15) is 4.79 Å². The van der Waals surface area contributed by atoms with Crippen LogP contribution in [0.15, 0.2) is 48.8 Å². The zero-order chi connectivity index (χ0) is 18.7. The van der Waals surface area contributed by atoms with Gasteiger partial charge in [0.15, 0.2) is 0 Å². The van der Waals surface area contributed by atoms with E-state index >= 15 is 0 Å². The molecule has 5 heteroatoms. The summed E-state index contributed by atoms with van der Waals surface area (Å²) in [6.45, 7) is 2.80. The number of piperidine rings is 1. The molecule has 1 N–H and O–H groups in total. The van der Waals surface area contributed by atoms with Crippen LogP contribution in [0.4, 0.5) is 5.69 Å². The Labute approximate surface area is 160 Å². The van der Waals surface area contributed by atoms with Crippen LogP contribution < -0.4 is 15.0 Å². The van der Waals surface area contributed by atoms with E-state index in [2.05, 4.69) is 21.3 Å². The molecule has 0 unspecified atom stereocenters. The van der Waals surface area contributed by atoms with Crippen LogP contribution >= 0.6 is 0 Å². The first-order chi connectivity index (χ1) is 13.2. The molecule has 2 fully saturated rings. The number of rotatable bonds is 6. The molecule has 4 rings (SSSR count). The number of anilines is 1. The van der Waals surface area contributed by atoms with Gasteiger partial charge in [-0.05, 0) is 49.8 Å². The predicted octanol–water partition coefficient (Wildman–Crippen LogP) is 3.15. The van der Waals surface area contributed by atoms with Gasteiger partial charge in [-0.2, -0.15) is 0 Å². The van der Waals surface area contributed by atoms with Gasteiger partial charge in [-0.1, -0.05) is 18.2 Å². The maximum absolute atomic E-state index is 12.9. The second-order valence-corrected chi connectivity index (χ2v) is 7.63. The average molecular weight is 365 g/mol. The third kappa shape index (κ3) is 3.64. The number of amides is 1. The number of carbonyl (C=O) groups excluding carboxylic acids is 1. The molecular formula is C22H27N3O2. The molecule has 2 aromatic rings. The van der Waals surface area contributed by atoms with E-state index in [0.717, 1.165) is 56.6 Å². The molecule has 1 aromatic carbocycles. The normalized spacial score (nSPS) is 18.8. The lowest BCUT2D eigenvalue weighted by atomic mass is 9.92. The Morgan fingerprint density at radius 3 is 2.67 bits per heavy atom. The summed E-state index contributed by atoms with van der Waals surface area (Å²) < 4.78 is 5.48. The van der Waals surface area contributed by atoms with Crippen molar-refractivity contribution >= 4 is 11.6 Å². The number of aromatic nitrogens is 1. The number of ether oxygens (including phenoxy) is 1. The zero-order valence-corrected chi connectivity index (χ0v) is 15.9. The summed E-state index contributed by atoms with van der Waals surface area (Å²) in [6, 6.07) is 12.0. The molecule has 0 bridgehead atoms. The highest BCUT2D eigenvalue weighted by molar-refractivity contribution is 5.92. The van der Waals surface area contributed by atoms with Gasteiger partial charge in [0.05, 0.1) is 24.4 Å². The van der Waals surface area contributed by atoms with Crippen molar-refractivity contribution in [2.75, 3.05) is 31.6 Å². The van der Waals surface area contributed by atoms with Crippen molar-refractivity contribution < 1.29 is 9.53 Å². The minimum atomic E-state index is -0.386. The summed E-state index contributed by atoms with van der Waals surface area (Å²) in [6.07, 6.45) is 7.72. The van der Waals surface area contributed by atoms with E-state index in [-0.39, 0.29) is 11.3 Å². The van der Waals surface area contributed by atoms with Crippen molar-refractivity contribution in [3.05, 3.63) is 54.4 Å². The van der Waals surface area contributed by atoms with Crippen LogP contribution in [0.1, 0.15) is 31.2 Å². The number of hydrogen-bond acceptors (Lipinski definition) is 4. The fourth-order valence-electron chi connectivity index (χ4n) is 4.13. The maximum atomic E-state index is 12.9. The Kier molecular flexibility index (Phi) is 5.01. The Morgan fingerprint density at radius 1 is 1.22 bits per heavy atom. The number of pyridine rings is 1. The molecule has 1 aliphatic heterocycles. The molecule has 1 aromatic heterocycles. The first-order valence-electron chi connectivity index (χ1n) is 9.80. The van der Waals surface area contributed by atoms with E-state index in [1.807, 2.05) is 36.5 Å². The molecule has 2 heterocycles. The minimum Gasteiger partial charge on any atom is -0.496 e. The molecule has 142 valence electrons. The van der Waals surface area contributed by atoms with Crippen LogP contribution in [0.2, 0.25) is 0 Å². The highest BCUT2D eigenvalue weighted by Gasteiger charge is 2.52. The second-order valence-electron chi connectivity index (χ2n) is 7.63. The SMILES string of the molecule is COc1ccccc1C1(C(=O)NCC2CCN(c3cccnc3)CC2)CC1. The molecule has 2 aliphatic rings. The average Bonchev–Trinajstić information content (AvgIpc) is 3.55. The van der Waals surface area contributed by atoms with E-state index in [1.165, 1.54) is 5.69 Å². The molecule has 1 saturated carbocycles. The summed E-state index contributed by atoms with van der Waals surface area (Å²) in [4.78, 5) is 19.5. The highest BCUT2D eigenvalue weighted by Crippen LogP contribution is 2.51. The first-order valence-corrected chi connectivity index (χ1v) is 9.80. The van der Waals surface area contributed by atoms with E-state index < -0.39 is 0 Å². The Bertz CT molecular complexity index is 781. The largest absolute Gasteiger partial charge is 0.496 e. The molecule has 1 amide bonds. The van der Waals surface area contributed by atoms with Crippen LogP contribution in [-0.2, 0) is 10.2 Å².